The molecule has 1 aromatic carbocycles. The molecule has 21 heavy (non-hydrogen) atoms. The van der Waals surface area contributed by atoms with Gasteiger partial charge in [0.1, 0.15) is 11.6 Å². The highest BCUT2D eigenvalue weighted by molar-refractivity contribution is 5.89. The van der Waals surface area contributed by atoms with Crippen molar-refractivity contribution in [2.75, 3.05) is 32.5 Å². The van der Waals surface area contributed by atoms with E-state index in [1.807, 2.05) is 12.1 Å². The highest BCUT2D eigenvalue weighted by Gasteiger charge is 2.09. The minimum absolute atomic E-state index is 0.337. The number of nitrogens with one attached hydrogen (secondary N) is 1. The smallest absolute Gasteiger partial charge is 0.137 e. The molecule has 0 bridgehead atoms. The molecule has 0 amide bonds. The summed E-state index contributed by atoms with van der Waals surface area (Å²) in [5.41, 5.74) is 1.02. The maximum Gasteiger partial charge on any atom is 0.137 e. The van der Waals surface area contributed by atoms with Crippen LogP contribution in [0.15, 0.2) is 24.3 Å². The van der Waals surface area contributed by atoms with Crippen molar-refractivity contribution in [1.82, 2.24) is 14.9 Å². The molecule has 0 unspecified atom stereocenters. The number of unbranched alkanes of at least 4 members (excludes halogenated alkanes) is 1. The summed E-state index contributed by atoms with van der Waals surface area (Å²) >= 11 is 0. The molecule has 4 heteroatoms. The third kappa shape index (κ3) is 4.39. The Labute approximate surface area is 127 Å². The van der Waals surface area contributed by atoms with E-state index in [1.165, 1.54) is 6.42 Å². The van der Waals surface area contributed by atoms with Crippen molar-refractivity contribution >= 4 is 16.7 Å². The van der Waals surface area contributed by atoms with Gasteiger partial charge in [-0.25, -0.2) is 9.97 Å². The summed E-state index contributed by atoms with van der Waals surface area (Å²) in [5, 5.41) is 4.59. The fraction of sp³-hybridized carbons (Fsp3) is 0.529. The molecule has 0 radical (unpaired) electrons. The lowest BCUT2D eigenvalue weighted by molar-refractivity contribution is 0.396. The third-order valence-electron chi connectivity index (χ3n) is 3.46. The fourth-order valence-corrected chi connectivity index (χ4v) is 2.25. The summed E-state index contributed by atoms with van der Waals surface area (Å²) in [6.07, 6.45) is 2.34. The van der Waals surface area contributed by atoms with Gasteiger partial charge in [-0.1, -0.05) is 26.0 Å². The van der Waals surface area contributed by atoms with E-state index in [0.29, 0.717) is 5.92 Å². The van der Waals surface area contributed by atoms with Crippen LogP contribution in [0, 0.1) is 0 Å². The van der Waals surface area contributed by atoms with E-state index in [0.717, 1.165) is 42.1 Å². The van der Waals surface area contributed by atoms with Crippen LogP contribution in [-0.2, 0) is 0 Å². The molecule has 1 N–H and O–H groups in total. The van der Waals surface area contributed by atoms with Crippen LogP contribution in [0.4, 0.5) is 5.82 Å². The number of nitrogens with zero attached hydrogens (tertiary/aromatic N) is 3. The first-order chi connectivity index (χ1) is 10.1. The highest BCUT2D eigenvalue weighted by atomic mass is 15.1. The van der Waals surface area contributed by atoms with Crippen LogP contribution in [0.1, 0.15) is 38.4 Å². The van der Waals surface area contributed by atoms with Crippen molar-refractivity contribution < 1.29 is 0 Å². The molecular weight excluding hydrogens is 260 g/mol. The number of hydrogen-bond donors (Lipinski definition) is 1. The van der Waals surface area contributed by atoms with E-state index in [9.17, 15) is 0 Å². The Morgan fingerprint density at radius 2 is 1.86 bits per heavy atom. The molecule has 0 atom stereocenters. The molecule has 0 spiro atoms. The number of fused-ring (bicyclic) bond motifs is 1. The van der Waals surface area contributed by atoms with Gasteiger partial charge in [-0.3, -0.25) is 0 Å². The average Bonchev–Trinajstić information content (AvgIpc) is 2.46. The number of rotatable bonds is 7. The Morgan fingerprint density at radius 3 is 2.57 bits per heavy atom. The Bertz CT molecular complexity index is 578. The first-order valence-electron chi connectivity index (χ1n) is 7.73. The maximum absolute atomic E-state index is 4.70. The van der Waals surface area contributed by atoms with Crippen LogP contribution >= 0.6 is 0 Å². The molecule has 0 aliphatic heterocycles. The minimum atomic E-state index is 0.337. The summed E-state index contributed by atoms with van der Waals surface area (Å²) in [5.74, 6) is 2.21. The zero-order chi connectivity index (χ0) is 15.2. The molecule has 0 aliphatic rings. The standard InChI is InChI=1S/C17H26N4/c1-13(2)16-19-15-10-6-5-9-14(15)17(20-16)18-11-7-8-12-21(3)4/h5-6,9-10,13H,7-8,11-12H2,1-4H3,(H,18,19,20). The zero-order valence-corrected chi connectivity index (χ0v) is 13.6. The predicted octanol–water partition coefficient (Wildman–Crippen LogP) is 3.51. The molecule has 0 fully saturated rings. The fourth-order valence-electron chi connectivity index (χ4n) is 2.25. The normalized spacial score (nSPS) is 11.5. The van der Waals surface area contributed by atoms with Crippen LogP contribution in [0.3, 0.4) is 0 Å². The molecule has 0 aliphatic carbocycles. The van der Waals surface area contributed by atoms with E-state index < -0.39 is 0 Å². The second kappa shape index (κ2) is 7.36. The van der Waals surface area contributed by atoms with Crippen molar-refractivity contribution in [3.8, 4) is 0 Å². The van der Waals surface area contributed by atoms with E-state index in [-0.39, 0.29) is 0 Å². The quantitative estimate of drug-likeness (QED) is 0.791. The van der Waals surface area contributed by atoms with Gasteiger partial charge in [-0.15, -0.1) is 0 Å². The van der Waals surface area contributed by atoms with E-state index in [4.69, 9.17) is 4.98 Å². The Hall–Kier alpha value is -1.68. The largest absolute Gasteiger partial charge is 0.369 e. The van der Waals surface area contributed by atoms with Gasteiger partial charge in [0.15, 0.2) is 0 Å². The predicted molar refractivity (Wildman–Crippen MR) is 89.9 cm³/mol. The van der Waals surface area contributed by atoms with Gasteiger partial charge in [0.25, 0.3) is 0 Å². The van der Waals surface area contributed by atoms with Crippen LogP contribution in [-0.4, -0.2) is 42.1 Å². The summed E-state index contributed by atoms with van der Waals surface area (Å²) in [6.45, 7) is 6.34. The first-order valence-corrected chi connectivity index (χ1v) is 7.73. The zero-order valence-electron chi connectivity index (χ0n) is 13.6. The molecule has 4 nitrogen and oxygen atoms in total. The molecule has 2 rings (SSSR count). The Balaban J connectivity index is 2.10. The van der Waals surface area contributed by atoms with Crippen molar-refractivity contribution in [2.24, 2.45) is 0 Å². The second-order valence-electron chi connectivity index (χ2n) is 6.04. The lowest BCUT2D eigenvalue weighted by Gasteiger charge is -2.13. The molecule has 2 aromatic rings. The minimum Gasteiger partial charge on any atom is -0.369 e. The number of anilines is 1. The van der Waals surface area contributed by atoms with Gasteiger partial charge in [0.05, 0.1) is 5.52 Å². The lowest BCUT2D eigenvalue weighted by Crippen LogP contribution is -2.14. The number of hydrogen-bond acceptors (Lipinski definition) is 4. The monoisotopic (exact) mass is 286 g/mol. The summed E-state index contributed by atoms with van der Waals surface area (Å²) in [4.78, 5) is 11.6. The van der Waals surface area contributed by atoms with Crippen LogP contribution in [0.25, 0.3) is 10.9 Å². The SMILES string of the molecule is CC(C)c1nc(NCCCCN(C)C)c2ccccc2n1. The highest BCUT2D eigenvalue weighted by Crippen LogP contribution is 2.22. The first kappa shape index (κ1) is 15.7. The van der Waals surface area contributed by atoms with Crippen LogP contribution in [0.5, 0.6) is 0 Å². The molecule has 114 valence electrons. The van der Waals surface area contributed by atoms with Crippen molar-refractivity contribution in [1.29, 1.82) is 0 Å². The molecule has 1 aromatic heterocycles. The van der Waals surface area contributed by atoms with Crippen molar-refractivity contribution in [3.05, 3.63) is 30.1 Å². The summed E-state index contributed by atoms with van der Waals surface area (Å²) in [7, 11) is 4.22. The second-order valence-corrected chi connectivity index (χ2v) is 6.04. The average molecular weight is 286 g/mol. The van der Waals surface area contributed by atoms with Gasteiger partial charge in [-0.2, -0.15) is 0 Å². The molecule has 0 saturated carbocycles. The van der Waals surface area contributed by atoms with Gasteiger partial charge in [0, 0.05) is 17.8 Å². The lowest BCUT2D eigenvalue weighted by atomic mass is 10.1. The molecule has 1 heterocycles. The van der Waals surface area contributed by atoms with Crippen LogP contribution < -0.4 is 5.32 Å². The summed E-state index contributed by atoms with van der Waals surface area (Å²) in [6, 6.07) is 8.21. The third-order valence-corrected chi connectivity index (χ3v) is 3.46. The van der Waals surface area contributed by atoms with Gasteiger partial charge in [0.2, 0.25) is 0 Å². The number of aromatic nitrogens is 2. The van der Waals surface area contributed by atoms with Crippen LogP contribution in [0.2, 0.25) is 0 Å². The van der Waals surface area contributed by atoms with E-state index >= 15 is 0 Å². The van der Waals surface area contributed by atoms with E-state index in [2.05, 4.69) is 55.3 Å². The molecular formula is C17H26N4. The Kier molecular flexibility index (Phi) is 5.51. The summed E-state index contributed by atoms with van der Waals surface area (Å²) < 4.78 is 0. The topological polar surface area (TPSA) is 41.1 Å². The van der Waals surface area contributed by atoms with Crippen molar-refractivity contribution in [3.63, 3.8) is 0 Å². The number of para-hydroxylation sites is 1. The van der Waals surface area contributed by atoms with E-state index in [1.54, 1.807) is 0 Å². The van der Waals surface area contributed by atoms with Gasteiger partial charge in [-0.05, 0) is 45.6 Å². The maximum atomic E-state index is 4.70. The molecule has 0 saturated heterocycles. The Morgan fingerprint density at radius 1 is 1.10 bits per heavy atom. The number of benzene rings is 1. The van der Waals surface area contributed by atoms with Crippen molar-refractivity contribution in [2.45, 2.75) is 32.6 Å². The van der Waals surface area contributed by atoms with Gasteiger partial charge < -0.3 is 10.2 Å². The van der Waals surface area contributed by atoms with Gasteiger partial charge >= 0.3 is 0 Å².